The Hall–Kier alpha value is -1.11. The molecule has 1 heteroatoms. The Morgan fingerprint density at radius 3 is 2.33 bits per heavy atom. The Balaban J connectivity index is 2.69. The second kappa shape index (κ2) is 5.69. The van der Waals surface area contributed by atoms with Crippen molar-refractivity contribution in [2.45, 2.75) is 33.6 Å². The maximum atomic E-state index is 12.1. The van der Waals surface area contributed by atoms with Crippen molar-refractivity contribution >= 4 is 5.78 Å². The van der Waals surface area contributed by atoms with Gasteiger partial charge in [-0.3, -0.25) is 4.79 Å². The maximum Gasteiger partial charge on any atom is 0.165 e. The molecule has 15 heavy (non-hydrogen) atoms. The summed E-state index contributed by atoms with van der Waals surface area (Å²) in [7, 11) is 0. The number of hydrogen-bond donors (Lipinski definition) is 0. The summed E-state index contributed by atoms with van der Waals surface area (Å²) in [4.78, 5) is 12.1. The maximum absolute atomic E-state index is 12.1. The Morgan fingerprint density at radius 1 is 1.20 bits per heavy atom. The van der Waals surface area contributed by atoms with Crippen LogP contribution in [0.15, 0.2) is 30.3 Å². The van der Waals surface area contributed by atoms with E-state index in [-0.39, 0.29) is 11.7 Å². The van der Waals surface area contributed by atoms with Gasteiger partial charge in [-0.15, -0.1) is 0 Å². The van der Waals surface area contributed by atoms with Crippen LogP contribution in [0.2, 0.25) is 0 Å². The third kappa shape index (κ3) is 3.19. The standard InChI is InChI=1S/C14H20O/c1-4-8-11(2)12(3)14(15)13-9-6-5-7-10-13/h5-7,9-12H,4,8H2,1-3H3. The lowest BCUT2D eigenvalue weighted by molar-refractivity contribution is 0.0889. The number of benzene rings is 1. The summed E-state index contributed by atoms with van der Waals surface area (Å²) in [6.45, 7) is 6.36. The molecule has 0 aliphatic rings. The van der Waals surface area contributed by atoms with Crippen molar-refractivity contribution in [2.24, 2.45) is 11.8 Å². The van der Waals surface area contributed by atoms with Gasteiger partial charge in [0.2, 0.25) is 0 Å². The molecule has 1 aromatic carbocycles. The van der Waals surface area contributed by atoms with E-state index in [1.165, 1.54) is 0 Å². The highest BCUT2D eigenvalue weighted by molar-refractivity contribution is 5.97. The van der Waals surface area contributed by atoms with Gasteiger partial charge in [-0.25, -0.2) is 0 Å². The van der Waals surface area contributed by atoms with Crippen molar-refractivity contribution < 1.29 is 4.79 Å². The molecule has 0 fully saturated rings. The molecule has 0 amide bonds. The predicted molar refractivity (Wildman–Crippen MR) is 64.0 cm³/mol. The van der Waals surface area contributed by atoms with E-state index in [2.05, 4.69) is 13.8 Å². The molecular weight excluding hydrogens is 184 g/mol. The molecule has 1 nitrogen and oxygen atoms in total. The van der Waals surface area contributed by atoms with Crippen molar-refractivity contribution in [3.8, 4) is 0 Å². The van der Waals surface area contributed by atoms with Crippen LogP contribution in [0.4, 0.5) is 0 Å². The van der Waals surface area contributed by atoms with Gasteiger partial charge in [-0.2, -0.15) is 0 Å². The van der Waals surface area contributed by atoms with Gasteiger partial charge in [-0.05, 0) is 5.92 Å². The molecule has 0 saturated heterocycles. The summed E-state index contributed by atoms with van der Waals surface area (Å²) in [5, 5.41) is 0. The van der Waals surface area contributed by atoms with Gasteiger partial charge < -0.3 is 0 Å². The summed E-state index contributed by atoms with van der Waals surface area (Å²) < 4.78 is 0. The molecule has 1 rings (SSSR count). The second-order valence-electron chi connectivity index (χ2n) is 4.28. The monoisotopic (exact) mass is 204 g/mol. The van der Waals surface area contributed by atoms with E-state index in [0.29, 0.717) is 5.92 Å². The van der Waals surface area contributed by atoms with Crippen LogP contribution >= 0.6 is 0 Å². The molecule has 0 aromatic heterocycles. The Labute approximate surface area is 92.5 Å². The highest BCUT2D eigenvalue weighted by Gasteiger charge is 2.20. The number of Topliss-reactive ketones (excluding diaryl/α,β-unsaturated/α-hetero) is 1. The molecule has 1 aromatic rings. The summed E-state index contributed by atoms with van der Waals surface area (Å²) >= 11 is 0. The van der Waals surface area contributed by atoms with Crippen molar-refractivity contribution in [3.05, 3.63) is 35.9 Å². The Bertz CT molecular complexity index is 302. The summed E-state index contributed by atoms with van der Waals surface area (Å²) in [5.41, 5.74) is 0.841. The number of carbonyl (C=O) groups excluding carboxylic acids is 1. The minimum absolute atomic E-state index is 0.132. The van der Waals surface area contributed by atoms with Crippen molar-refractivity contribution in [1.82, 2.24) is 0 Å². The van der Waals surface area contributed by atoms with Crippen LogP contribution in [-0.4, -0.2) is 5.78 Å². The largest absolute Gasteiger partial charge is 0.294 e. The van der Waals surface area contributed by atoms with Crippen LogP contribution < -0.4 is 0 Å². The van der Waals surface area contributed by atoms with Crippen LogP contribution in [-0.2, 0) is 0 Å². The van der Waals surface area contributed by atoms with E-state index in [1.54, 1.807) is 0 Å². The van der Waals surface area contributed by atoms with Gasteiger partial charge >= 0.3 is 0 Å². The average molecular weight is 204 g/mol. The van der Waals surface area contributed by atoms with Crippen LogP contribution in [0.1, 0.15) is 44.0 Å². The summed E-state index contributed by atoms with van der Waals surface area (Å²) in [6, 6.07) is 9.58. The summed E-state index contributed by atoms with van der Waals surface area (Å²) in [6.07, 6.45) is 2.27. The molecule has 0 radical (unpaired) electrons. The van der Waals surface area contributed by atoms with E-state index in [0.717, 1.165) is 18.4 Å². The van der Waals surface area contributed by atoms with E-state index in [1.807, 2.05) is 37.3 Å². The topological polar surface area (TPSA) is 17.1 Å². The number of hydrogen-bond acceptors (Lipinski definition) is 1. The third-order valence-electron chi connectivity index (χ3n) is 3.07. The lowest BCUT2D eigenvalue weighted by Gasteiger charge is -2.17. The Morgan fingerprint density at radius 2 is 1.80 bits per heavy atom. The first-order valence-electron chi connectivity index (χ1n) is 5.76. The predicted octanol–water partition coefficient (Wildman–Crippen LogP) is 3.94. The molecule has 2 unspecified atom stereocenters. The number of rotatable bonds is 5. The van der Waals surface area contributed by atoms with Gasteiger partial charge in [0, 0.05) is 11.5 Å². The van der Waals surface area contributed by atoms with E-state index in [4.69, 9.17) is 0 Å². The smallest absolute Gasteiger partial charge is 0.165 e. The first-order chi connectivity index (χ1) is 7.16. The van der Waals surface area contributed by atoms with E-state index < -0.39 is 0 Å². The second-order valence-corrected chi connectivity index (χ2v) is 4.28. The van der Waals surface area contributed by atoms with Gasteiger partial charge in [0.1, 0.15) is 0 Å². The normalized spacial score (nSPS) is 14.6. The number of carbonyl (C=O) groups is 1. The zero-order valence-electron chi connectivity index (χ0n) is 9.86. The fraction of sp³-hybridized carbons (Fsp3) is 0.500. The van der Waals surface area contributed by atoms with Crippen molar-refractivity contribution in [3.63, 3.8) is 0 Å². The minimum atomic E-state index is 0.132. The zero-order valence-corrected chi connectivity index (χ0v) is 9.86. The fourth-order valence-electron chi connectivity index (χ4n) is 1.83. The van der Waals surface area contributed by atoms with Gasteiger partial charge in [0.25, 0.3) is 0 Å². The molecule has 0 saturated carbocycles. The molecular formula is C14H20O. The zero-order chi connectivity index (χ0) is 11.3. The van der Waals surface area contributed by atoms with Gasteiger partial charge in [0.15, 0.2) is 5.78 Å². The molecule has 0 spiro atoms. The average Bonchev–Trinajstić information content (AvgIpc) is 2.28. The molecule has 82 valence electrons. The fourth-order valence-corrected chi connectivity index (χ4v) is 1.83. The highest BCUT2D eigenvalue weighted by Crippen LogP contribution is 2.20. The third-order valence-corrected chi connectivity index (χ3v) is 3.07. The lowest BCUT2D eigenvalue weighted by Crippen LogP contribution is -2.18. The van der Waals surface area contributed by atoms with Gasteiger partial charge in [-0.1, -0.05) is 63.9 Å². The van der Waals surface area contributed by atoms with Crippen LogP contribution in [0.3, 0.4) is 0 Å². The molecule has 0 heterocycles. The SMILES string of the molecule is CCCC(C)C(C)C(=O)c1ccccc1. The molecule has 0 aliphatic carbocycles. The first kappa shape index (κ1) is 12.0. The van der Waals surface area contributed by atoms with Crippen molar-refractivity contribution in [1.29, 1.82) is 0 Å². The molecule has 0 N–H and O–H groups in total. The van der Waals surface area contributed by atoms with E-state index in [9.17, 15) is 4.79 Å². The van der Waals surface area contributed by atoms with Gasteiger partial charge in [0.05, 0.1) is 0 Å². The van der Waals surface area contributed by atoms with E-state index >= 15 is 0 Å². The van der Waals surface area contributed by atoms with Crippen LogP contribution in [0, 0.1) is 11.8 Å². The highest BCUT2D eigenvalue weighted by atomic mass is 16.1. The minimum Gasteiger partial charge on any atom is -0.294 e. The molecule has 0 bridgehead atoms. The molecule has 2 atom stereocenters. The van der Waals surface area contributed by atoms with Crippen molar-refractivity contribution in [2.75, 3.05) is 0 Å². The summed E-state index contributed by atoms with van der Waals surface area (Å²) in [5.74, 6) is 0.881. The first-order valence-corrected chi connectivity index (χ1v) is 5.76. The van der Waals surface area contributed by atoms with Crippen LogP contribution in [0.25, 0.3) is 0 Å². The molecule has 0 aliphatic heterocycles. The van der Waals surface area contributed by atoms with Crippen LogP contribution in [0.5, 0.6) is 0 Å². The number of ketones is 1. The Kier molecular flexibility index (Phi) is 4.54. The lowest BCUT2D eigenvalue weighted by atomic mass is 9.86. The quantitative estimate of drug-likeness (QED) is 0.664.